The van der Waals surface area contributed by atoms with E-state index < -0.39 is 9.85 Å². The molecule has 0 heterocycles. The normalized spacial score (nSPS) is 20.7. The predicted molar refractivity (Wildman–Crippen MR) is 108 cm³/mol. The van der Waals surface area contributed by atoms with Crippen LogP contribution in [0.3, 0.4) is 0 Å². The van der Waals surface area contributed by atoms with Crippen molar-refractivity contribution in [3.05, 3.63) is 74.3 Å². The Bertz CT molecular complexity index is 914. The lowest BCUT2D eigenvalue weighted by Gasteiger charge is -2.38. The van der Waals surface area contributed by atoms with Crippen molar-refractivity contribution in [3.8, 4) is 0 Å². The van der Waals surface area contributed by atoms with E-state index in [9.17, 15) is 20.2 Å². The molecule has 1 saturated carbocycles. The molecule has 0 bridgehead atoms. The van der Waals surface area contributed by atoms with Crippen LogP contribution in [-0.4, -0.2) is 15.6 Å². The number of nitrogens with one attached hydrogen (secondary N) is 1. The van der Waals surface area contributed by atoms with E-state index in [4.69, 9.17) is 0 Å². The van der Waals surface area contributed by atoms with Gasteiger partial charge in [0.05, 0.1) is 15.9 Å². The van der Waals surface area contributed by atoms with Gasteiger partial charge in [-0.1, -0.05) is 43.7 Å². The first-order chi connectivity index (χ1) is 13.5. The molecule has 1 fully saturated rings. The number of hydrazone groups is 1. The summed E-state index contributed by atoms with van der Waals surface area (Å²) in [6.07, 6.45) is 4.75. The molecule has 28 heavy (non-hydrogen) atoms. The zero-order chi connectivity index (χ0) is 20.1. The van der Waals surface area contributed by atoms with Crippen LogP contribution in [0.4, 0.5) is 17.1 Å². The van der Waals surface area contributed by atoms with E-state index in [0.29, 0.717) is 0 Å². The number of hydrogen-bond acceptors (Lipinski definition) is 6. The van der Waals surface area contributed by atoms with E-state index in [1.54, 1.807) is 0 Å². The minimum absolute atomic E-state index is 0.145. The maximum absolute atomic E-state index is 11.3. The maximum Gasteiger partial charge on any atom is 0.301 e. The quantitative estimate of drug-likeness (QED) is 0.546. The molecule has 0 amide bonds. The Morgan fingerprint density at radius 3 is 2.46 bits per heavy atom. The highest BCUT2D eigenvalue weighted by Gasteiger charge is 2.38. The largest absolute Gasteiger partial charge is 0.301 e. The van der Waals surface area contributed by atoms with Crippen molar-refractivity contribution in [2.24, 2.45) is 5.10 Å². The molecule has 0 saturated heterocycles. The van der Waals surface area contributed by atoms with Crippen molar-refractivity contribution in [1.82, 2.24) is 0 Å². The summed E-state index contributed by atoms with van der Waals surface area (Å²) >= 11 is 0. The first-order valence-electron chi connectivity index (χ1n) is 9.29. The van der Waals surface area contributed by atoms with Crippen LogP contribution in [0.5, 0.6) is 0 Å². The average Bonchev–Trinajstić information content (AvgIpc) is 2.72. The Morgan fingerprint density at radius 2 is 1.82 bits per heavy atom. The van der Waals surface area contributed by atoms with Crippen LogP contribution in [-0.2, 0) is 5.41 Å². The van der Waals surface area contributed by atoms with Crippen molar-refractivity contribution in [2.45, 2.75) is 44.4 Å². The van der Waals surface area contributed by atoms with Gasteiger partial charge in [-0.2, -0.15) is 5.10 Å². The molecule has 0 aliphatic heterocycles. The zero-order valence-electron chi connectivity index (χ0n) is 15.6. The van der Waals surface area contributed by atoms with Gasteiger partial charge in [0, 0.05) is 17.2 Å². The minimum Gasteiger partial charge on any atom is -0.272 e. The molecule has 3 rings (SSSR count). The van der Waals surface area contributed by atoms with Crippen molar-refractivity contribution in [2.75, 3.05) is 5.43 Å². The molecule has 8 nitrogen and oxygen atoms in total. The summed E-state index contributed by atoms with van der Waals surface area (Å²) < 4.78 is 0. The van der Waals surface area contributed by atoms with Gasteiger partial charge < -0.3 is 0 Å². The number of rotatable bonds is 6. The number of nitro groups is 2. The molecule has 1 aliphatic carbocycles. The Kier molecular flexibility index (Phi) is 5.67. The molecule has 146 valence electrons. The third kappa shape index (κ3) is 3.71. The summed E-state index contributed by atoms with van der Waals surface area (Å²) in [5, 5.41) is 26.8. The fourth-order valence-electron chi connectivity index (χ4n) is 3.93. The molecule has 0 radical (unpaired) electrons. The number of anilines is 1. The van der Waals surface area contributed by atoms with Gasteiger partial charge in [-0.05, 0) is 37.3 Å². The molecular formula is C20H22N4O4. The van der Waals surface area contributed by atoms with E-state index in [1.165, 1.54) is 17.7 Å². The van der Waals surface area contributed by atoms with Crippen LogP contribution in [0.15, 0.2) is 53.6 Å². The molecule has 0 aromatic heterocycles. The van der Waals surface area contributed by atoms with Crippen molar-refractivity contribution in [1.29, 1.82) is 0 Å². The average molecular weight is 382 g/mol. The lowest BCUT2D eigenvalue weighted by Crippen LogP contribution is -2.38. The van der Waals surface area contributed by atoms with Crippen LogP contribution in [0.1, 0.15) is 44.6 Å². The monoisotopic (exact) mass is 382 g/mol. The number of non-ortho nitro benzene ring substituents is 1. The van der Waals surface area contributed by atoms with E-state index in [2.05, 4.69) is 29.6 Å². The van der Waals surface area contributed by atoms with Gasteiger partial charge in [0.1, 0.15) is 5.69 Å². The van der Waals surface area contributed by atoms with Crippen molar-refractivity contribution < 1.29 is 9.85 Å². The summed E-state index contributed by atoms with van der Waals surface area (Å²) in [6, 6.07) is 13.7. The lowest BCUT2D eigenvalue weighted by molar-refractivity contribution is -0.393. The summed E-state index contributed by atoms with van der Waals surface area (Å²) in [5.41, 5.74) is 4.21. The molecule has 8 heteroatoms. The van der Waals surface area contributed by atoms with Gasteiger partial charge in [0.2, 0.25) is 0 Å². The molecule has 1 aliphatic rings. The van der Waals surface area contributed by atoms with E-state index >= 15 is 0 Å². The Balaban J connectivity index is 1.98. The smallest absolute Gasteiger partial charge is 0.272 e. The van der Waals surface area contributed by atoms with Gasteiger partial charge in [-0.15, -0.1) is 0 Å². The van der Waals surface area contributed by atoms with Crippen LogP contribution in [0.25, 0.3) is 0 Å². The molecular weight excluding hydrogens is 360 g/mol. The minimum atomic E-state index is -0.651. The van der Waals surface area contributed by atoms with Gasteiger partial charge in [0.15, 0.2) is 0 Å². The molecule has 2 aromatic carbocycles. The highest BCUT2D eigenvalue weighted by Crippen LogP contribution is 2.40. The van der Waals surface area contributed by atoms with Crippen LogP contribution in [0.2, 0.25) is 0 Å². The summed E-state index contributed by atoms with van der Waals surface area (Å²) in [6.45, 7) is 2.13. The third-order valence-electron chi connectivity index (χ3n) is 5.45. The number of nitrogens with zero attached hydrogens (tertiary/aromatic N) is 3. The van der Waals surface area contributed by atoms with Crippen molar-refractivity contribution >= 4 is 22.8 Å². The molecule has 1 atom stereocenters. The first kappa shape index (κ1) is 19.5. The molecule has 0 spiro atoms. The van der Waals surface area contributed by atoms with E-state index in [1.807, 2.05) is 18.2 Å². The van der Waals surface area contributed by atoms with Crippen LogP contribution < -0.4 is 5.43 Å². The van der Waals surface area contributed by atoms with Crippen molar-refractivity contribution in [3.63, 3.8) is 0 Å². The fraction of sp³-hybridized carbons (Fsp3) is 0.350. The molecule has 2 aromatic rings. The van der Waals surface area contributed by atoms with Gasteiger partial charge in [0.25, 0.3) is 5.69 Å². The zero-order valence-corrected chi connectivity index (χ0v) is 15.6. The van der Waals surface area contributed by atoms with E-state index in [0.717, 1.165) is 43.9 Å². The SMILES string of the molecule is CCC1(c2ccccc2)CCCC/C1=N\Nc1ccc([N+](=O)[O-])cc1[N+](=O)[O-]. The number of benzene rings is 2. The Morgan fingerprint density at radius 1 is 1.07 bits per heavy atom. The van der Waals surface area contributed by atoms with Crippen LogP contribution >= 0.6 is 0 Å². The highest BCUT2D eigenvalue weighted by molar-refractivity contribution is 5.96. The second-order valence-electron chi connectivity index (χ2n) is 6.89. The van der Waals surface area contributed by atoms with Crippen LogP contribution in [0, 0.1) is 20.2 Å². The highest BCUT2D eigenvalue weighted by atomic mass is 16.6. The number of hydrogen-bond donors (Lipinski definition) is 1. The topological polar surface area (TPSA) is 111 Å². The summed E-state index contributed by atoms with van der Waals surface area (Å²) in [5.74, 6) is 0. The summed E-state index contributed by atoms with van der Waals surface area (Å²) in [7, 11) is 0. The lowest BCUT2D eigenvalue weighted by atomic mass is 9.66. The third-order valence-corrected chi connectivity index (χ3v) is 5.45. The Labute approximate surface area is 162 Å². The second kappa shape index (κ2) is 8.16. The Hall–Kier alpha value is -3.29. The van der Waals surface area contributed by atoms with Gasteiger partial charge >= 0.3 is 5.69 Å². The molecule has 1 unspecified atom stereocenters. The predicted octanol–water partition coefficient (Wildman–Crippen LogP) is 5.19. The first-order valence-corrected chi connectivity index (χ1v) is 9.29. The molecule has 1 N–H and O–H groups in total. The van der Waals surface area contributed by atoms with E-state index in [-0.39, 0.29) is 22.5 Å². The summed E-state index contributed by atoms with van der Waals surface area (Å²) in [4.78, 5) is 21.0. The fourth-order valence-corrected chi connectivity index (χ4v) is 3.93. The number of nitro benzene ring substituents is 2. The van der Waals surface area contributed by atoms with Gasteiger partial charge in [-0.25, -0.2) is 0 Å². The van der Waals surface area contributed by atoms with Gasteiger partial charge in [-0.3, -0.25) is 25.7 Å². The standard InChI is InChI=1S/C20H22N4O4/c1-2-20(15-8-4-3-5-9-15)13-7-6-10-19(20)22-21-17-12-11-16(23(25)26)14-18(17)24(27)28/h3-5,8-9,11-12,14,21H,2,6-7,10,13H2,1H3/b22-19+. The maximum atomic E-state index is 11.3. The second-order valence-corrected chi connectivity index (χ2v) is 6.89.